The molecule has 0 aliphatic rings. The van der Waals surface area contributed by atoms with E-state index < -0.39 is 28.0 Å². The van der Waals surface area contributed by atoms with Crippen molar-refractivity contribution >= 4 is 33.3 Å². The largest absolute Gasteiger partial charge is 0.495 e. The first kappa shape index (κ1) is 24.6. The fourth-order valence-corrected chi connectivity index (χ4v) is 4.04. The predicted octanol–water partition coefficient (Wildman–Crippen LogP) is 3.69. The minimum absolute atomic E-state index is 0.0584. The quantitative estimate of drug-likeness (QED) is 0.445. The van der Waals surface area contributed by atoms with Crippen molar-refractivity contribution < 1.29 is 32.2 Å². The minimum atomic E-state index is -3.92. The fourth-order valence-electron chi connectivity index (χ4n) is 2.97. The maximum Gasteiger partial charge on any atom is 0.338 e. The lowest BCUT2D eigenvalue weighted by molar-refractivity contribution is -0.123. The van der Waals surface area contributed by atoms with Gasteiger partial charge < -0.3 is 19.5 Å². The lowest BCUT2D eigenvalue weighted by Crippen LogP contribution is -2.30. The van der Waals surface area contributed by atoms with Gasteiger partial charge in [0.1, 0.15) is 11.5 Å². The third kappa shape index (κ3) is 5.84. The van der Waals surface area contributed by atoms with E-state index in [1.54, 1.807) is 48.5 Å². The van der Waals surface area contributed by atoms with Gasteiger partial charge in [0.25, 0.3) is 15.9 Å². The van der Waals surface area contributed by atoms with E-state index in [1.807, 2.05) is 0 Å². The highest BCUT2D eigenvalue weighted by molar-refractivity contribution is 7.92. The number of hydrogen-bond donors (Lipinski definition) is 2. The summed E-state index contributed by atoms with van der Waals surface area (Å²) in [5.41, 5.74) is 0.812. The van der Waals surface area contributed by atoms with Gasteiger partial charge in [-0.3, -0.25) is 9.52 Å². The van der Waals surface area contributed by atoms with Crippen LogP contribution in [-0.4, -0.2) is 40.6 Å². The van der Waals surface area contributed by atoms with Crippen molar-refractivity contribution in [3.8, 4) is 11.5 Å². The summed E-state index contributed by atoms with van der Waals surface area (Å²) < 4.78 is 43.4. The number of esters is 1. The van der Waals surface area contributed by atoms with Gasteiger partial charge in [-0.1, -0.05) is 24.3 Å². The van der Waals surface area contributed by atoms with Gasteiger partial charge in [-0.2, -0.15) is 0 Å². The van der Waals surface area contributed by atoms with Crippen molar-refractivity contribution in [1.29, 1.82) is 0 Å². The highest BCUT2D eigenvalue weighted by Gasteiger charge is 2.21. The Labute approximate surface area is 197 Å². The number of nitrogens with one attached hydrogen (secondary N) is 2. The molecule has 34 heavy (non-hydrogen) atoms. The van der Waals surface area contributed by atoms with Crippen LogP contribution in [0.3, 0.4) is 0 Å². The number of amides is 1. The SMILES string of the molecule is COc1ccccc1NC(=O)C(C)OC(=O)c1ccc(S(=O)(=O)Nc2ccccc2OC)cc1. The van der Waals surface area contributed by atoms with Crippen LogP contribution in [0.2, 0.25) is 0 Å². The van der Waals surface area contributed by atoms with Gasteiger partial charge in [-0.15, -0.1) is 0 Å². The zero-order valence-electron chi connectivity index (χ0n) is 18.8. The van der Waals surface area contributed by atoms with Gasteiger partial charge in [0.15, 0.2) is 6.10 Å². The Kier molecular flexibility index (Phi) is 7.75. The van der Waals surface area contributed by atoms with E-state index in [4.69, 9.17) is 14.2 Å². The Bertz CT molecular complexity index is 1270. The van der Waals surface area contributed by atoms with E-state index in [-0.39, 0.29) is 16.1 Å². The summed E-state index contributed by atoms with van der Waals surface area (Å²) in [6, 6.07) is 18.6. The molecule has 2 N–H and O–H groups in total. The van der Waals surface area contributed by atoms with E-state index in [2.05, 4.69) is 10.0 Å². The Hall–Kier alpha value is -4.05. The highest BCUT2D eigenvalue weighted by Crippen LogP contribution is 2.26. The van der Waals surface area contributed by atoms with Crippen molar-refractivity contribution in [2.24, 2.45) is 0 Å². The number of methoxy groups -OCH3 is 2. The molecule has 0 aromatic heterocycles. The number of carbonyl (C=O) groups excluding carboxylic acids is 2. The summed E-state index contributed by atoms with van der Waals surface area (Å²) in [6.45, 7) is 1.43. The van der Waals surface area contributed by atoms with Crippen molar-refractivity contribution in [2.75, 3.05) is 24.3 Å². The lowest BCUT2D eigenvalue weighted by Gasteiger charge is -2.15. The molecule has 1 amide bonds. The summed E-state index contributed by atoms with van der Waals surface area (Å²) in [6.07, 6.45) is -1.10. The first-order valence-electron chi connectivity index (χ1n) is 10.2. The van der Waals surface area contributed by atoms with Gasteiger partial charge in [0.2, 0.25) is 0 Å². The second-order valence-electron chi connectivity index (χ2n) is 7.07. The van der Waals surface area contributed by atoms with E-state index in [1.165, 1.54) is 45.4 Å². The van der Waals surface area contributed by atoms with Gasteiger partial charge in [0.05, 0.1) is 36.1 Å². The summed E-state index contributed by atoms with van der Waals surface area (Å²) in [7, 11) is -1.01. The van der Waals surface area contributed by atoms with E-state index >= 15 is 0 Å². The fraction of sp³-hybridized carbons (Fsp3) is 0.167. The van der Waals surface area contributed by atoms with Crippen LogP contribution in [0.4, 0.5) is 11.4 Å². The predicted molar refractivity (Wildman–Crippen MR) is 127 cm³/mol. The Morgan fingerprint density at radius 3 is 1.91 bits per heavy atom. The molecule has 0 saturated heterocycles. The first-order valence-corrected chi connectivity index (χ1v) is 11.6. The van der Waals surface area contributed by atoms with Crippen LogP contribution in [0, 0.1) is 0 Å². The monoisotopic (exact) mass is 484 g/mol. The molecule has 0 aliphatic carbocycles. The molecule has 9 nitrogen and oxygen atoms in total. The molecular formula is C24H24N2O7S. The first-order chi connectivity index (χ1) is 16.2. The van der Waals surface area contributed by atoms with Crippen molar-refractivity contribution in [3.05, 3.63) is 78.4 Å². The van der Waals surface area contributed by atoms with Crippen LogP contribution in [-0.2, 0) is 19.6 Å². The number of rotatable bonds is 9. The van der Waals surface area contributed by atoms with Crippen molar-refractivity contribution in [3.63, 3.8) is 0 Å². The van der Waals surface area contributed by atoms with Gasteiger partial charge >= 0.3 is 5.97 Å². The van der Waals surface area contributed by atoms with Crippen molar-refractivity contribution in [2.45, 2.75) is 17.9 Å². The molecule has 178 valence electrons. The zero-order chi connectivity index (χ0) is 24.7. The van der Waals surface area contributed by atoms with E-state index in [0.717, 1.165) is 0 Å². The average Bonchev–Trinajstić information content (AvgIpc) is 2.84. The normalized spacial score (nSPS) is 11.7. The zero-order valence-corrected chi connectivity index (χ0v) is 19.6. The number of carbonyl (C=O) groups is 2. The highest BCUT2D eigenvalue weighted by atomic mass is 32.2. The Morgan fingerprint density at radius 1 is 0.794 bits per heavy atom. The van der Waals surface area contributed by atoms with Crippen LogP contribution in [0.5, 0.6) is 11.5 Å². The topological polar surface area (TPSA) is 120 Å². The number of sulfonamides is 1. The molecule has 0 spiro atoms. The standard InChI is InChI=1S/C24H24N2O7S/c1-16(23(27)25-19-8-4-6-10-21(19)31-2)33-24(28)17-12-14-18(15-13-17)34(29,30)26-20-9-5-7-11-22(20)32-3/h4-16,26H,1-3H3,(H,25,27). The number of benzene rings is 3. The second kappa shape index (κ2) is 10.7. The minimum Gasteiger partial charge on any atom is -0.495 e. The van der Waals surface area contributed by atoms with E-state index in [9.17, 15) is 18.0 Å². The second-order valence-corrected chi connectivity index (χ2v) is 8.75. The van der Waals surface area contributed by atoms with Gasteiger partial charge in [0, 0.05) is 0 Å². The van der Waals surface area contributed by atoms with Crippen LogP contribution in [0.1, 0.15) is 17.3 Å². The molecule has 0 fully saturated rings. The maximum atomic E-state index is 12.7. The third-order valence-corrected chi connectivity index (χ3v) is 6.15. The van der Waals surface area contributed by atoms with Crippen LogP contribution in [0.25, 0.3) is 0 Å². The molecule has 0 radical (unpaired) electrons. The number of hydrogen-bond acceptors (Lipinski definition) is 7. The third-order valence-electron chi connectivity index (χ3n) is 4.77. The van der Waals surface area contributed by atoms with Crippen LogP contribution >= 0.6 is 0 Å². The van der Waals surface area contributed by atoms with E-state index in [0.29, 0.717) is 17.2 Å². The van der Waals surface area contributed by atoms with Crippen molar-refractivity contribution in [1.82, 2.24) is 0 Å². The number of anilines is 2. The van der Waals surface area contributed by atoms with Crippen LogP contribution < -0.4 is 19.5 Å². The number of para-hydroxylation sites is 4. The molecule has 1 atom stereocenters. The molecule has 0 saturated carbocycles. The summed E-state index contributed by atoms with van der Waals surface area (Å²) in [5.74, 6) is -0.484. The molecule has 3 rings (SSSR count). The summed E-state index contributed by atoms with van der Waals surface area (Å²) >= 11 is 0. The molecular weight excluding hydrogens is 460 g/mol. The Balaban J connectivity index is 1.65. The Morgan fingerprint density at radius 2 is 1.32 bits per heavy atom. The molecule has 0 bridgehead atoms. The van der Waals surface area contributed by atoms with Gasteiger partial charge in [-0.05, 0) is 55.5 Å². The molecule has 3 aromatic rings. The lowest BCUT2D eigenvalue weighted by atomic mass is 10.2. The maximum absolute atomic E-state index is 12.7. The average molecular weight is 485 g/mol. The molecule has 3 aromatic carbocycles. The van der Waals surface area contributed by atoms with Crippen LogP contribution in [0.15, 0.2) is 77.7 Å². The molecule has 1 unspecified atom stereocenters. The molecule has 0 aliphatic heterocycles. The number of ether oxygens (including phenoxy) is 3. The summed E-state index contributed by atoms with van der Waals surface area (Å²) in [5, 5.41) is 2.64. The molecule has 0 heterocycles. The molecule has 10 heteroatoms. The summed E-state index contributed by atoms with van der Waals surface area (Å²) in [4.78, 5) is 24.8. The smallest absolute Gasteiger partial charge is 0.338 e. The van der Waals surface area contributed by atoms with Gasteiger partial charge in [-0.25, -0.2) is 13.2 Å².